The van der Waals surface area contributed by atoms with Crippen LogP contribution in [0.3, 0.4) is 0 Å². The van der Waals surface area contributed by atoms with E-state index in [1.807, 2.05) is 25.7 Å². The van der Waals surface area contributed by atoms with Gasteiger partial charge in [-0.3, -0.25) is 4.79 Å². The lowest BCUT2D eigenvalue weighted by molar-refractivity contribution is -0.136. The number of carbonyl (C=O) groups excluding carboxylic acids is 1. The maximum Gasteiger partial charge on any atom is 0.225 e. The molecule has 0 saturated carbocycles. The van der Waals surface area contributed by atoms with Crippen molar-refractivity contribution in [3.05, 3.63) is 35.4 Å². The van der Waals surface area contributed by atoms with E-state index in [-0.39, 0.29) is 29.8 Å². The fourth-order valence-corrected chi connectivity index (χ4v) is 3.22. The Morgan fingerprint density at radius 2 is 2.00 bits per heavy atom. The molecule has 0 unspecified atom stereocenters. The van der Waals surface area contributed by atoms with E-state index in [0.29, 0.717) is 18.7 Å². The SMILES string of the molecule is CC(C)C(=O)N1CC[C@H](N[C@@H](C)c2cc(F)ccc2F)[C@@H](C)C1. The molecule has 1 fully saturated rings. The van der Waals surface area contributed by atoms with Crippen molar-refractivity contribution in [1.82, 2.24) is 10.2 Å². The summed E-state index contributed by atoms with van der Waals surface area (Å²) in [5, 5.41) is 3.40. The zero-order valence-corrected chi connectivity index (χ0v) is 14.3. The topological polar surface area (TPSA) is 32.3 Å². The van der Waals surface area contributed by atoms with Gasteiger partial charge in [0.05, 0.1) is 0 Å². The first-order valence-corrected chi connectivity index (χ1v) is 8.29. The van der Waals surface area contributed by atoms with Gasteiger partial charge >= 0.3 is 0 Å². The lowest BCUT2D eigenvalue weighted by atomic mass is 9.91. The number of likely N-dealkylation sites (tertiary alicyclic amines) is 1. The lowest BCUT2D eigenvalue weighted by Crippen LogP contribution is -2.51. The van der Waals surface area contributed by atoms with Crippen LogP contribution in [0.1, 0.15) is 45.7 Å². The molecule has 0 spiro atoms. The second kappa shape index (κ2) is 7.39. The van der Waals surface area contributed by atoms with E-state index in [0.717, 1.165) is 18.6 Å². The number of amides is 1. The average Bonchev–Trinajstić information content (AvgIpc) is 2.50. The van der Waals surface area contributed by atoms with Gasteiger partial charge in [-0.2, -0.15) is 0 Å². The molecule has 1 aliphatic heterocycles. The van der Waals surface area contributed by atoms with Crippen LogP contribution in [0.5, 0.6) is 0 Å². The van der Waals surface area contributed by atoms with E-state index < -0.39 is 11.6 Å². The predicted octanol–water partition coefficient (Wildman–Crippen LogP) is 3.51. The number of nitrogens with one attached hydrogen (secondary N) is 1. The maximum absolute atomic E-state index is 13.9. The summed E-state index contributed by atoms with van der Waals surface area (Å²) in [5.74, 6) is -0.371. The summed E-state index contributed by atoms with van der Waals surface area (Å²) in [6.07, 6.45) is 0.820. The minimum atomic E-state index is -0.430. The minimum absolute atomic E-state index is 0.00650. The maximum atomic E-state index is 13.9. The number of hydrogen-bond donors (Lipinski definition) is 1. The van der Waals surface area contributed by atoms with E-state index in [2.05, 4.69) is 12.2 Å². The van der Waals surface area contributed by atoms with Gasteiger partial charge < -0.3 is 10.2 Å². The number of benzene rings is 1. The highest BCUT2D eigenvalue weighted by molar-refractivity contribution is 5.78. The number of hydrogen-bond acceptors (Lipinski definition) is 2. The average molecular weight is 324 g/mol. The number of nitrogens with zero attached hydrogens (tertiary/aromatic N) is 1. The van der Waals surface area contributed by atoms with E-state index in [4.69, 9.17) is 0 Å². The van der Waals surface area contributed by atoms with Crippen molar-refractivity contribution in [2.45, 2.75) is 46.2 Å². The van der Waals surface area contributed by atoms with Crippen LogP contribution in [0, 0.1) is 23.5 Å². The number of piperidine rings is 1. The summed E-state index contributed by atoms with van der Waals surface area (Å²) in [7, 11) is 0. The Hall–Kier alpha value is -1.49. The van der Waals surface area contributed by atoms with Crippen molar-refractivity contribution in [2.75, 3.05) is 13.1 Å². The van der Waals surface area contributed by atoms with Crippen LogP contribution in [0.2, 0.25) is 0 Å². The first-order chi connectivity index (χ1) is 10.8. The normalized spacial score (nSPS) is 23.2. The molecule has 1 saturated heterocycles. The highest BCUT2D eigenvalue weighted by atomic mass is 19.1. The van der Waals surface area contributed by atoms with Gasteiger partial charge in [-0.05, 0) is 37.5 Å². The van der Waals surface area contributed by atoms with Gasteiger partial charge in [-0.25, -0.2) is 8.78 Å². The van der Waals surface area contributed by atoms with E-state index >= 15 is 0 Å². The zero-order valence-electron chi connectivity index (χ0n) is 14.3. The highest BCUT2D eigenvalue weighted by Crippen LogP contribution is 2.24. The van der Waals surface area contributed by atoms with Crippen LogP contribution in [0.25, 0.3) is 0 Å². The Morgan fingerprint density at radius 3 is 2.61 bits per heavy atom. The predicted molar refractivity (Wildman–Crippen MR) is 86.9 cm³/mol. The summed E-state index contributed by atoms with van der Waals surface area (Å²) in [5.41, 5.74) is 0.345. The summed E-state index contributed by atoms with van der Waals surface area (Å²) >= 11 is 0. The molecule has 1 aromatic carbocycles. The molecule has 2 rings (SSSR count). The Bertz CT molecular complexity index is 562. The molecular weight excluding hydrogens is 298 g/mol. The molecule has 0 aromatic heterocycles. The molecule has 1 heterocycles. The molecule has 1 aromatic rings. The van der Waals surface area contributed by atoms with E-state index in [9.17, 15) is 13.6 Å². The lowest BCUT2D eigenvalue weighted by Gasteiger charge is -2.39. The smallest absolute Gasteiger partial charge is 0.225 e. The second-order valence-electron chi connectivity index (χ2n) is 6.87. The van der Waals surface area contributed by atoms with Crippen molar-refractivity contribution in [3.8, 4) is 0 Å². The Balaban J connectivity index is 1.99. The molecule has 0 bridgehead atoms. The molecule has 23 heavy (non-hydrogen) atoms. The summed E-state index contributed by atoms with van der Waals surface area (Å²) in [4.78, 5) is 14.0. The van der Waals surface area contributed by atoms with Gasteiger partial charge in [0, 0.05) is 36.7 Å². The minimum Gasteiger partial charge on any atom is -0.342 e. The third-order valence-corrected chi connectivity index (χ3v) is 4.60. The largest absolute Gasteiger partial charge is 0.342 e. The van der Waals surface area contributed by atoms with Gasteiger partial charge in [0.15, 0.2) is 0 Å². The fourth-order valence-electron chi connectivity index (χ4n) is 3.22. The Morgan fingerprint density at radius 1 is 1.30 bits per heavy atom. The highest BCUT2D eigenvalue weighted by Gasteiger charge is 2.30. The van der Waals surface area contributed by atoms with Gasteiger partial charge in [-0.15, -0.1) is 0 Å². The Kier molecular flexibility index (Phi) is 5.74. The number of rotatable bonds is 4. The Labute approximate surface area is 137 Å². The van der Waals surface area contributed by atoms with Gasteiger partial charge in [0.1, 0.15) is 11.6 Å². The number of halogens is 2. The van der Waals surface area contributed by atoms with Crippen molar-refractivity contribution in [3.63, 3.8) is 0 Å². The van der Waals surface area contributed by atoms with Crippen LogP contribution in [-0.4, -0.2) is 29.9 Å². The molecule has 128 valence electrons. The third kappa shape index (κ3) is 4.28. The quantitative estimate of drug-likeness (QED) is 0.919. The van der Waals surface area contributed by atoms with Gasteiger partial charge in [0.25, 0.3) is 0 Å². The monoisotopic (exact) mass is 324 g/mol. The summed E-state index contributed by atoms with van der Waals surface area (Å²) in [6, 6.07) is 3.45. The number of carbonyl (C=O) groups is 1. The molecule has 5 heteroatoms. The first-order valence-electron chi connectivity index (χ1n) is 8.29. The molecule has 1 aliphatic rings. The molecule has 1 amide bonds. The van der Waals surface area contributed by atoms with Gasteiger partial charge in [0.2, 0.25) is 5.91 Å². The standard InChI is InChI=1S/C18H26F2N2O/c1-11(2)18(23)22-8-7-17(12(3)10-22)21-13(4)15-9-14(19)5-6-16(15)20/h5-6,9,11-13,17,21H,7-8,10H2,1-4H3/t12-,13-,17-/m0/s1. The van der Waals surface area contributed by atoms with E-state index in [1.165, 1.54) is 6.07 Å². The molecule has 1 N–H and O–H groups in total. The second-order valence-corrected chi connectivity index (χ2v) is 6.87. The van der Waals surface area contributed by atoms with Crippen molar-refractivity contribution in [2.24, 2.45) is 11.8 Å². The van der Waals surface area contributed by atoms with Crippen molar-refractivity contribution < 1.29 is 13.6 Å². The van der Waals surface area contributed by atoms with Crippen LogP contribution < -0.4 is 5.32 Å². The van der Waals surface area contributed by atoms with Crippen molar-refractivity contribution in [1.29, 1.82) is 0 Å². The molecule has 3 atom stereocenters. The van der Waals surface area contributed by atoms with Crippen molar-refractivity contribution >= 4 is 5.91 Å². The van der Waals surface area contributed by atoms with Crippen LogP contribution in [-0.2, 0) is 4.79 Å². The molecule has 0 aliphatic carbocycles. The molecular formula is C18H26F2N2O. The molecule has 0 radical (unpaired) electrons. The van der Waals surface area contributed by atoms with Crippen LogP contribution in [0.4, 0.5) is 8.78 Å². The van der Waals surface area contributed by atoms with Gasteiger partial charge in [-0.1, -0.05) is 20.8 Å². The van der Waals surface area contributed by atoms with Crippen LogP contribution in [0.15, 0.2) is 18.2 Å². The fraction of sp³-hybridized carbons (Fsp3) is 0.611. The third-order valence-electron chi connectivity index (χ3n) is 4.60. The first kappa shape index (κ1) is 17.9. The zero-order chi connectivity index (χ0) is 17.1. The van der Waals surface area contributed by atoms with Crippen LogP contribution >= 0.6 is 0 Å². The summed E-state index contributed by atoms with van der Waals surface area (Å²) in [6.45, 7) is 9.16. The summed E-state index contributed by atoms with van der Waals surface area (Å²) < 4.78 is 27.2. The van der Waals surface area contributed by atoms with E-state index in [1.54, 1.807) is 0 Å². The molecule has 3 nitrogen and oxygen atoms in total.